The van der Waals surface area contributed by atoms with E-state index in [1.54, 1.807) is 6.07 Å². The second kappa shape index (κ2) is 4.26. The number of rotatable bonds is 2. The van der Waals surface area contributed by atoms with Gasteiger partial charge in [-0.2, -0.15) is 0 Å². The Bertz CT molecular complexity index is 489. The summed E-state index contributed by atoms with van der Waals surface area (Å²) in [6.45, 7) is 0. The Kier molecular flexibility index (Phi) is 2.73. The molecule has 0 aromatic heterocycles. The van der Waals surface area contributed by atoms with E-state index in [0.29, 0.717) is 11.5 Å². The molecule has 4 heteroatoms. The summed E-state index contributed by atoms with van der Waals surface area (Å²) >= 11 is 0. The molecule has 1 aromatic rings. The minimum absolute atomic E-state index is 0.0754. The third kappa shape index (κ3) is 1.96. The molecule has 1 amide bonds. The number of fused-ring (bicyclic) bond motifs is 2. The van der Waals surface area contributed by atoms with Crippen LogP contribution in [0.15, 0.2) is 18.2 Å². The fourth-order valence-electron chi connectivity index (χ4n) is 3.34. The van der Waals surface area contributed by atoms with Crippen LogP contribution in [-0.2, 0) is 0 Å². The number of nitrogen functional groups attached to an aromatic ring is 1. The van der Waals surface area contributed by atoms with Crippen LogP contribution in [0.2, 0.25) is 0 Å². The first-order valence-corrected chi connectivity index (χ1v) is 6.49. The Morgan fingerprint density at radius 1 is 1.33 bits per heavy atom. The monoisotopic (exact) mass is 248 g/mol. The van der Waals surface area contributed by atoms with E-state index in [9.17, 15) is 9.18 Å². The third-order valence-electron chi connectivity index (χ3n) is 4.32. The number of halogens is 1. The van der Waals surface area contributed by atoms with Crippen LogP contribution in [0.4, 0.5) is 10.1 Å². The summed E-state index contributed by atoms with van der Waals surface area (Å²) in [6.07, 6.45) is 4.83. The molecule has 3 N–H and O–H groups in total. The Morgan fingerprint density at radius 3 is 2.78 bits per heavy atom. The van der Waals surface area contributed by atoms with Crippen LogP contribution in [0.5, 0.6) is 0 Å². The lowest BCUT2D eigenvalue weighted by Gasteiger charge is -2.22. The molecule has 2 aliphatic carbocycles. The molecule has 3 unspecified atom stereocenters. The second-order valence-corrected chi connectivity index (χ2v) is 5.49. The topological polar surface area (TPSA) is 55.1 Å². The number of nitrogens with one attached hydrogen (secondary N) is 1. The Labute approximate surface area is 106 Å². The number of hydrogen-bond donors (Lipinski definition) is 2. The summed E-state index contributed by atoms with van der Waals surface area (Å²) in [5.74, 6) is 0.683. The van der Waals surface area contributed by atoms with Crippen LogP contribution in [0, 0.1) is 17.7 Å². The minimum atomic E-state index is -0.532. The fraction of sp³-hybridized carbons (Fsp3) is 0.500. The van der Waals surface area contributed by atoms with Crippen LogP contribution in [0.3, 0.4) is 0 Å². The van der Waals surface area contributed by atoms with Crippen molar-refractivity contribution >= 4 is 11.6 Å². The van der Waals surface area contributed by atoms with Crippen LogP contribution in [0.25, 0.3) is 0 Å². The molecule has 0 radical (unpaired) electrons. The predicted molar refractivity (Wildman–Crippen MR) is 67.5 cm³/mol. The molecule has 0 saturated heterocycles. The van der Waals surface area contributed by atoms with Gasteiger partial charge in [0.15, 0.2) is 0 Å². The highest BCUT2D eigenvalue weighted by atomic mass is 19.1. The Hall–Kier alpha value is -1.58. The number of benzene rings is 1. The maximum Gasteiger partial charge on any atom is 0.251 e. The van der Waals surface area contributed by atoms with Crippen LogP contribution in [-0.4, -0.2) is 11.9 Å². The fourth-order valence-corrected chi connectivity index (χ4v) is 3.34. The number of carbonyl (C=O) groups excluding carboxylic acids is 1. The zero-order valence-corrected chi connectivity index (χ0v) is 10.2. The predicted octanol–water partition coefficient (Wildman–Crippen LogP) is 2.33. The lowest BCUT2D eigenvalue weighted by molar-refractivity contribution is 0.0922. The van der Waals surface area contributed by atoms with Crippen molar-refractivity contribution in [2.45, 2.75) is 31.7 Å². The highest BCUT2D eigenvalue weighted by Crippen LogP contribution is 2.44. The lowest BCUT2D eigenvalue weighted by Crippen LogP contribution is -2.38. The minimum Gasteiger partial charge on any atom is -0.396 e. The molecule has 0 spiro atoms. The number of nitrogens with two attached hydrogens (primary N) is 1. The average molecular weight is 248 g/mol. The third-order valence-corrected chi connectivity index (χ3v) is 4.32. The van der Waals surface area contributed by atoms with E-state index < -0.39 is 5.82 Å². The van der Waals surface area contributed by atoms with Crippen molar-refractivity contribution in [3.63, 3.8) is 0 Å². The molecule has 2 saturated carbocycles. The molecule has 96 valence electrons. The van der Waals surface area contributed by atoms with Gasteiger partial charge in [-0.05, 0) is 49.3 Å². The Balaban J connectivity index is 1.69. The van der Waals surface area contributed by atoms with E-state index in [2.05, 4.69) is 5.32 Å². The summed E-state index contributed by atoms with van der Waals surface area (Å²) in [5, 5.41) is 3.03. The molecule has 2 fully saturated rings. The molecule has 3 rings (SSSR count). The van der Waals surface area contributed by atoms with Gasteiger partial charge in [0.05, 0.1) is 5.69 Å². The summed E-state index contributed by atoms with van der Waals surface area (Å²) < 4.78 is 13.3. The molecule has 18 heavy (non-hydrogen) atoms. The molecule has 0 heterocycles. The highest BCUT2D eigenvalue weighted by Gasteiger charge is 2.40. The summed E-state index contributed by atoms with van der Waals surface area (Å²) in [5.41, 5.74) is 5.82. The molecule has 0 aliphatic heterocycles. The standard InChI is InChI=1S/C14H17FN2O/c15-11-7-10(3-4-12(11)16)14(18)17-13-6-8-1-2-9(13)5-8/h3-4,7-9,13H,1-2,5-6,16H2,(H,17,18). The first-order valence-electron chi connectivity index (χ1n) is 6.49. The number of amides is 1. The molecule has 2 aliphatic rings. The average Bonchev–Trinajstić information content (AvgIpc) is 2.94. The van der Waals surface area contributed by atoms with E-state index in [-0.39, 0.29) is 17.6 Å². The van der Waals surface area contributed by atoms with Gasteiger partial charge >= 0.3 is 0 Å². The first kappa shape index (κ1) is 11.5. The van der Waals surface area contributed by atoms with E-state index >= 15 is 0 Å². The van der Waals surface area contributed by atoms with Gasteiger partial charge in [-0.3, -0.25) is 4.79 Å². The Morgan fingerprint density at radius 2 is 2.17 bits per heavy atom. The summed E-state index contributed by atoms with van der Waals surface area (Å²) in [7, 11) is 0. The van der Waals surface area contributed by atoms with Crippen LogP contribution < -0.4 is 11.1 Å². The maximum absolute atomic E-state index is 13.3. The van der Waals surface area contributed by atoms with Crippen molar-refractivity contribution in [2.75, 3.05) is 5.73 Å². The SMILES string of the molecule is Nc1ccc(C(=O)NC2CC3CCC2C3)cc1F. The van der Waals surface area contributed by atoms with Gasteiger partial charge in [-0.15, -0.1) is 0 Å². The largest absolute Gasteiger partial charge is 0.396 e. The van der Waals surface area contributed by atoms with Crippen molar-refractivity contribution < 1.29 is 9.18 Å². The van der Waals surface area contributed by atoms with Gasteiger partial charge in [-0.1, -0.05) is 6.42 Å². The maximum atomic E-state index is 13.3. The molecular formula is C14H17FN2O. The van der Waals surface area contributed by atoms with Crippen molar-refractivity contribution in [1.29, 1.82) is 0 Å². The van der Waals surface area contributed by atoms with Crippen LogP contribution in [0.1, 0.15) is 36.0 Å². The molecule has 2 bridgehead atoms. The van der Waals surface area contributed by atoms with E-state index in [1.165, 1.54) is 31.4 Å². The number of carbonyl (C=O) groups is 1. The van der Waals surface area contributed by atoms with Gasteiger partial charge in [0, 0.05) is 11.6 Å². The first-order chi connectivity index (χ1) is 8.63. The zero-order valence-electron chi connectivity index (χ0n) is 10.2. The molecule has 1 aromatic carbocycles. The normalized spacial score (nSPS) is 29.5. The van der Waals surface area contributed by atoms with Crippen molar-refractivity contribution in [3.8, 4) is 0 Å². The van der Waals surface area contributed by atoms with Crippen molar-refractivity contribution in [1.82, 2.24) is 5.32 Å². The molecule has 3 nitrogen and oxygen atoms in total. The van der Waals surface area contributed by atoms with Gasteiger partial charge < -0.3 is 11.1 Å². The van der Waals surface area contributed by atoms with E-state index in [0.717, 1.165) is 12.3 Å². The number of anilines is 1. The quantitative estimate of drug-likeness (QED) is 0.789. The summed E-state index contributed by atoms with van der Waals surface area (Å²) in [6, 6.07) is 4.49. The zero-order chi connectivity index (χ0) is 12.7. The second-order valence-electron chi connectivity index (χ2n) is 5.49. The van der Waals surface area contributed by atoms with E-state index in [4.69, 9.17) is 5.73 Å². The van der Waals surface area contributed by atoms with E-state index in [1.807, 2.05) is 0 Å². The van der Waals surface area contributed by atoms with Crippen LogP contribution >= 0.6 is 0 Å². The molecule has 3 atom stereocenters. The number of hydrogen-bond acceptors (Lipinski definition) is 2. The van der Waals surface area contributed by atoms with Gasteiger partial charge in [0.25, 0.3) is 5.91 Å². The highest BCUT2D eigenvalue weighted by molar-refractivity contribution is 5.94. The van der Waals surface area contributed by atoms with Gasteiger partial charge in [-0.25, -0.2) is 4.39 Å². The molecular weight excluding hydrogens is 231 g/mol. The summed E-state index contributed by atoms with van der Waals surface area (Å²) in [4.78, 5) is 12.0. The van der Waals surface area contributed by atoms with Gasteiger partial charge in [0.1, 0.15) is 5.82 Å². The van der Waals surface area contributed by atoms with Gasteiger partial charge in [0.2, 0.25) is 0 Å². The smallest absolute Gasteiger partial charge is 0.251 e. The lowest BCUT2D eigenvalue weighted by atomic mass is 9.95. The van der Waals surface area contributed by atoms with Crippen molar-refractivity contribution in [3.05, 3.63) is 29.6 Å². The van der Waals surface area contributed by atoms with Crippen molar-refractivity contribution in [2.24, 2.45) is 11.8 Å².